The molecule has 1 aliphatic rings. The number of benzene rings is 1. The molecule has 0 radical (unpaired) electrons. The molecule has 0 atom stereocenters. The Labute approximate surface area is 119 Å². The normalized spacial score (nSPS) is 15.1. The van der Waals surface area contributed by atoms with Gasteiger partial charge in [-0.2, -0.15) is 0 Å². The quantitative estimate of drug-likeness (QED) is 0.856. The van der Waals surface area contributed by atoms with Gasteiger partial charge in [0, 0.05) is 32.3 Å². The third-order valence-electron chi connectivity index (χ3n) is 2.96. The van der Waals surface area contributed by atoms with Crippen molar-refractivity contribution >= 4 is 24.4 Å². The van der Waals surface area contributed by atoms with Crippen LogP contribution < -0.4 is 10.1 Å². The van der Waals surface area contributed by atoms with Crippen molar-refractivity contribution in [2.24, 2.45) is 0 Å². The van der Waals surface area contributed by atoms with Crippen LogP contribution in [0.3, 0.4) is 0 Å². The number of amides is 1. The molecule has 1 aliphatic heterocycles. The highest BCUT2D eigenvalue weighted by molar-refractivity contribution is 5.91. The molecule has 0 saturated carbocycles. The van der Waals surface area contributed by atoms with E-state index in [4.69, 9.17) is 4.74 Å². The summed E-state index contributed by atoms with van der Waals surface area (Å²) in [5.41, 5.74) is 0.999. The Morgan fingerprint density at radius 3 is 2.47 bits per heavy atom. The van der Waals surface area contributed by atoms with E-state index in [1.54, 1.807) is 13.2 Å². The fourth-order valence-corrected chi connectivity index (χ4v) is 1.87. The number of nitrogens with zero attached hydrogens (tertiary/aromatic N) is 1. The lowest BCUT2D eigenvalue weighted by atomic mass is 10.2. The van der Waals surface area contributed by atoms with Crippen molar-refractivity contribution in [3.63, 3.8) is 0 Å². The van der Waals surface area contributed by atoms with E-state index >= 15 is 0 Å². The third kappa shape index (κ3) is 4.58. The van der Waals surface area contributed by atoms with Crippen LogP contribution >= 0.6 is 12.4 Å². The molecule has 0 bridgehead atoms. The summed E-state index contributed by atoms with van der Waals surface area (Å²) in [6.45, 7) is 3.32. The Morgan fingerprint density at radius 2 is 1.89 bits per heavy atom. The van der Waals surface area contributed by atoms with Crippen LogP contribution in [-0.4, -0.2) is 44.1 Å². The van der Waals surface area contributed by atoms with Crippen molar-refractivity contribution in [1.82, 2.24) is 10.2 Å². The van der Waals surface area contributed by atoms with Gasteiger partial charge in [0.05, 0.1) is 7.11 Å². The molecule has 1 aromatic carbocycles. The molecule has 1 N–H and O–H groups in total. The SMILES string of the molecule is COc1ccc(/C=C/C(=O)N2CCNCC2)cc1.Cl. The molecule has 0 spiro atoms. The number of rotatable bonds is 3. The molecule has 1 amide bonds. The maximum Gasteiger partial charge on any atom is 0.246 e. The number of ether oxygens (including phenoxy) is 1. The number of nitrogens with one attached hydrogen (secondary N) is 1. The van der Waals surface area contributed by atoms with Gasteiger partial charge in [-0.15, -0.1) is 12.4 Å². The van der Waals surface area contributed by atoms with Gasteiger partial charge < -0.3 is 15.0 Å². The lowest BCUT2D eigenvalue weighted by Gasteiger charge is -2.26. The van der Waals surface area contributed by atoms with Gasteiger partial charge in [0.2, 0.25) is 5.91 Å². The zero-order chi connectivity index (χ0) is 12.8. The Hall–Kier alpha value is -1.52. The molecule has 2 rings (SSSR count). The number of hydrogen-bond donors (Lipinski definition) is 1. The van der Waals surface area contributed by atoms with E-state index in [0.717, 1.165) is 37.5 Å². The van der Waals surface area contributed by atoms with Crippen LogP contribution in [0, 0.1) is 0 Å². The van der Waals surface area contributed by atoms with Crippen molar-refractivity contribution in [2.75, 3.05) is 33.3 Å². The molecule has 0 unspecified atom stereocenters. The van der Waals surface area contributed by atoms with Gasteiger partial charge in [0.25, 0.3) is 0 Å². The van der Waals surface area contributed by atoms with E-state index in [9.17, 15) is 4.79 Å². The molecule has 19 heavy (non-hydrogen) atoms. The summed E-state index contributed by atoms with van der Waals surface area (Å²) in [7, 11) is 1.64. The maximum atomic E-state index is 11.9. The molecule has 1 fully saturated rings. The zero-order valence-electron chi connectivity index (χ0n) is 11.0. The van der Waals surface area contributed by atoms with E-state index in [0.29, 0.717) is 0 Å². The summed E-state index contributed by atoms with van der Waals surface area (Å²) in [5.74, 6) is 0.896. The van der Waals surface area contributed by atoms with E-state index in [1.165, 1.54) is 0 Å². The standard InChI is InChI=1S/C14H18N2O2.ClH/c1-18-13-5-2-12(3-6-13)4-7-14(17)16-10-8-15-9-11-16;/h2-7,15H,8-11H2,1H3;1H/b7-4+;. The summed E-state index contributed by atoms with van der Waals surface area (Å²) < 4.78 is 5.08. The van der Waals surface area contributed by atoms with E-state index in [2.05, 4.69) is 5.32 Å². The molecular weight excluding hydrogens is 264 g/mol. The molecule has 1 saturated heterocycles. The van der Waals surface area contributed by atoms with Gasteiger partial charge in [0.15, 0.2) is 0 Å². The van der Waals surface area contributed by atoms with Crippen LogP contribution in [0.2, 0.25) is 0 Å². The number of methoxy groups -OCH3 is 1. The second-order valence-electron chi connectivity index (χ2n) is 4.18. The minimum Gasteiger partial charge on any atom is -0.497 e. The second-order valence-corrected chi connectivity index (χ2v) is 4.18. The fourth-order valence-electron chi connectivity index (χ4n) is 1.87. The van der Waals surface area contributed by atoms with Crippen molar-refractivity contribution in [3.05, 3.63) is 35.9 Å². The first-order chi connectivity index (χ1) is 8.79. The average Bonchev–Trinajstić information content (AvgIpc) is 2.46. The number of carbonyl (C=O) groups is 1. The first-order valence-electron chi connectivity index (χ1n) is 6.11. The molecule has 104 valence electrons. The first kappa shape index (κ1) is 15.5. The number of hydrogen-bond acceptors (Lipinski definition) is 3. The Kier molecular flexibility index (Phi) is 6.39. The largest absolute Gasteiger partial charge is 0.497 e. The van der Waals surface area contributed by atoms with Gasteiger partial charge in [-0.3, -0.25) is 4.79 Å². The van der Waals surface area contributed by atoms with Gasteiger partial charge in [0.1, 0.15) is 5.75 Å². The Morgan fingerprint density at radius 1 is 1.26 bits per heavy atom. The van der Waals surface area contributed by atoms with Crippen LogP contribution in [-0.2, 0) is 4.79 Å². The van der Waals surface area contributed by atoms with Gasteiger partial charge in [-0.05, 0) is 23.8 Å². The average molecular weight is 283 g/mol. The topological polar surface area (TPSA) is 41.6 Å². The predicted molar refractivity (Wildman–Crippen MR) is 78.7 cm³/mol. The van der Waals surface area contributed by atoms with Crippen LogP contribution in [0.5, 0.6) is 5.75 Å². The summed E-state index contributed by atoms with van der Waals surface area (Å²) in [6.07, 6.45) is 3.47. The van der Waals surface area contributed by atoms with Crippen molar-refractivity contribution in [1.29, 1.82) is 0 Å². The highest BCUT2D eigenvalue weighted by Crippen LogP contribution is 2.12. The molecule has 1 aromatic rings. The fraction of sp³-hybridized carbons (Fsp3) is 0.357. The van der Waals surface area contributed by atoms with Crippen LogP contribution in [0.1, 0.15) is 5.56 Å². The van der Waals surface area contributed by atoms with Crippen molar-refractivity contribution < 1.29 is 9.53 Å². The monoisotopic (exact) mass is 282 g/mol. The van der Waals surface area contributed by atoms with Crippen LogP contribution in [0.15, 0.2) is 30.3 Å². The first-order valence-corrected chi connectivity index (χ1v) is 6.11. The molecular formula is C14H19ClN2O2. The highest BCUT2D eigenvalue weighted by Gasteiger charge is 2.12. The summed E-state index contributed by atoms with van der Waals surface area (Å²) >= 11 is 0. The smallest absolute Gasteiger partial charge is 0.246 e. The second kappa shape index (κ2) is 7.81. The molecule has 5 heteroatoms. The minimum atomic E-state index is 0. The van der Waals surface area contributed by atoms with Gasteiger partial charge in [-0.25, -0.2) is 0 Å². The minimum absolute atomic E-state index is 0. The lowest BCUT2D eigenvalue weighted by molar-refractivity contribution is -0.126. The summed E-state index contributed by atoms with van der Waals surface area (Å²) in [4.78, 5) is 13.7. The zero-order valence-corrected chi connectivity index (χ0v) is 11.8. The summed E-state index contributed by atoms with van der Waals surface area (Å²) in [5, 5.41) is 3.22. The number of carbonyl (C=O) groups excluding carboxylic acids is 1. The van der Waals surface area contributed by atoms with Gasteiger partial charge >= 0.3 is 0 Å². The van der Waals surface area contributed by atoms with E-state index in [1.807, 2.05) is 35.2 Å². The van der Waals surface area contributed by atoms with Gasteiger partial charge in [-0.1, -0.05) is 12.1 Å². The Balaban J connectivity index is 0.00000180. The van der Waals surface area contributed by atoms with E-state index in [-0.39, 0.29) is 18.3 Å². The van der Waals surface area contributed by atoms with E-state index < -0.39 is 0 Å². The van der Waals surface area contributed by atoms with Crippen molar-refractivity contribution in [2.45, 2.75) is 0 Å². The lowest BCUT2D eigenvalue weighted by Crippen LogP contribution is -2.45. The Bertz CT molecular complexity index is 426. The predicted octanol–water partition coefficient (Wildman–Crippen LogP) is 1.56. The molecule has 0 aromatic heterocycles. The number of piperazine rings is 1. The van der Waals surface area contributed by atoms with Crippen LogP contribution in [0.25, 0.3) is 6.08 Å². The molecule has 1 heterocycles. The van der Waals surface area contributed by atoms with Crippen molar-refractivity contribution in [3.8, 4) is 5.75 Å². The maximum absolute atomic E-state index is 11.9. The summed E-state index contributed by atoms with van der Waals surface area (Å²) in [6, 6.07) is 7.63. The third-order valence-corrected chi connectivity index (χ3v) is 2.96. The number of halogens is 1. The molecule has 0 aliphatic carbocycles. The highest BCUT2D eigenvalue weighted by atomic mass is 35.5. The molecule has 4 nitrogen and oxygen atoms in total. The van der Waals surface area contributed by atoms with Crippen LogP contribution in [0.4, 0.5) is 0 Å².